The van der Waals surface area contributed by atoms with E-state index in [0.717, 1.165) is 50.8 Å². The molecule has 0 aliphatic carbocycles. The minimum absolute atomic E-state index is 0.235. The van der Waals surface area contributed by atoms with Gasteiger partial charge in [0.05, 0.1) is 24.7 Å². The summed E-state index contributed by atoms with van der Waals surface area (Å²) in [5.74, 6) is 1.62. The molecule has 2 saturated heterocycles. The maximum atomic E-state index is 11.4. The third kappa shape index (κ3) is 4.15. The van der Waals surface area contributed by atoms with Crippen LogP contribution >= 0.6 is 0 Å². The van der Waals surface area contributed by atoms with E-state index < -0.39 is 9.84 Å². The van der Waals surface area contributed by atoms with Crippen LogP contribution in [-0.4, -0.2) is 62.7 Å². The van der Waals surface area contributed by atoms with Crippen molar-refractivity contribution in [3.63, 3.8) is 0 Å². The maximum absolute atomic E-state index is 11.4. The molecule has 2 aliphatic heterocycles. The van der Waals surface area contributed by atoms with Crippen molar-refractivity contribution in [2.75, 3.05) is 49.3 Å². The Bertz CT molecular complexity index is 585. The third-order valence-corrected chi connectivity index (χ3v) is 5.91. The molecule has 2 aliphatic rings. The zero-order valence-corrected chi connectivity index (χ0v) is 13.4. The van der Waals surface area contributed by atoms with E-state index in [1.54, 1.807) is 0 Å². The minimum Gasteiger partial charge on any atom is -0.378 e. The average molecular weight is 326 g/mol. The molecule has 0 radical (unpaired) electrons. The van der Waals surface area contributed by atoms with Crippen molar-refractivity contribution in [2.24, 2.45) is 5.92 Å². The number of morpholine rings is 1. The maximum Gasteiger partial charge on any atom is 0.225 e. The highest BCUT2D eigenvalue weighted by Crippen LogP contribution is 2.17. The lowest BCUT2D eigenvalue weighted by Gasteiger charge is -2.26. The number of nitrogens with zero attached hydrogens (tertiary/aromatic N) is 3. The highest BCUT2D eigenvalue weighted by Gasteiger charge is 2.27. The summed E-state index contributed by atoms with van der Waals surface area (Å²) in [4.78, 5) is 10.9. The highest BCUT2D eigenvalue weighted by atomic mass is 32.2. The van der Waals surface area contributed by atoms with Gasteiger partial charge in [0, 0.05) is 37.6 Å². The van der Waals surface area contributed by atoms with E-state index in [-0.39, 0.29) is 5.92 Å². The highest BCUT2D eigenvalue weighted by molar-refractivity contribution is 7.91. The molecular formula is C14H22N4O3S. The van der Waals surface area contributed by atoms with Crippen molar-refractivity contribution in [2.45, 2.75) is 13.0 Å². The van der Waals surface area contributed by atoms with Crippen LogP contribution in [0, 0.1) is 5.92 Å². The van der Waals surface area contributed by atoms with Crippen LogP contribution in [0.1, 0.15) is 12.0 Å². The third-order valence-electron chi connectivity index (χ3n) is 4.07. The molecule has 2 fully saturated rings. The molecule has 0 unspecified atom stereocenters. The van der Waals surface area contributed by atoms with Gasteiger partial charge in [-0.25, -0.2) is 18.4 Å². The first kappa shape index (κ1) is 15.6. The Labute approximate surface area is 131 Å². The molecule has 1 N–H and O–H groups in total. The number of aromatic nitrogens is 2. The van der Waals surface area contributed by atoms with Gasteiger partial charge in [-0.05, 0) is 18.9 Å². The van der Waals surface area contributed by atoms with Crippen molar-refractivity contribution in [1.29, 1.82) is 0 Å². The normalized spacial score (nSPS) is 24.5. The van der Waals surface area contributed by atoms with E-state index in [1.165, 1.54) is 0 Å². The summed E-state index contributed by atoms with van der Waals surface area (Å²) in [6.45, 7) is 4.49. The van der Waals surface area contributed by atoms with Crippen LogP contribution in [0.25, 0.3) is 0 Å². The van der Waals surface area contributed by atoms with Gasteiger partial charge in [0.1, 0.15) is 0 Å². The van der Waals surface area contributed by atoms with E-state index in [1.807, 2.05) is 12.4 Å². The number of hydrogen-bond acceptors (Lipinski definition) is 7. The second kappa shape index (κ2) is 6.89. The SMILES string of the molecule is O=S1(=O)CC[C@@H](CNCc2cnc(N3CCOCC3)nc2)C1. The number of rotatable bonds is 5. The fourth-order valence-electron chi connectivity index (χ4n) is 2.82. The predicted octanol–water partition coefficient (Wildman–Crippen LogP) is -0.162. The van der Waals surface area contributed by atoms with Crippen LogP contribution < -0.4 is 10.2 Å². The fourth-order valence-corrected chi connectivity index (χ4v) is 4.68. The Balaban J connectivity index is 1.45. The Morgan fingerprint density at radius 1 is 1.27 bits per heavy atom. The molecule has 22 heavy (non-hydrogen) atoms. The fraction of sp³-hybridized carbons (Fsp3) is 0.714. The molecule has 1 aromatic rings. The van der Waals surface area contributed by atoms with Gasteiger partial charge in [0.15, 0.2) is 9.84 Å². The number of nitrogens with one attached hydrogen (secondary N) is 1. The van der Waals surface area contributed by atoms with Crippen LogP contribution in [0.3, 0.4) is 0 Å². The van der Waals surface area contributed by atoms with Crippen molar-refractivity contribution in [3.05, 3.63) is 18.0 Å². The summed E-state index contributed by atoms with van der Waals surface area (Å²) in [5, 5.41) is 3.30. The van der Waals surface area contributed by atoms with Crippen molar-refractivity contribution in [3.8, 4) is 0 Å². The van der Waals surface area contributed by atoms with E-state index in [4.69, 9.17) is 4.74 Å². The summed E-state index contributed by atoms with van der Waals surface area (Å²) >= 11 is 0. The molecule has 0 saturated carbocycles. The quantitative estimate of drug-likeness (QED) is 0.804. The summed E-state index contributed by atoms with van der Waals surface area (Å²) in [7, 11) is -2.79. The molecule has 122 valence electrons. The topological polar surface area (TPSA) is 84.4 Å². The van der Waals surface area contributed by atoms with Gasteiger partial charge < -0.3 is 15.0 Å². The first-order valence-electron chi connectivity index (χ1n) is 7.67. The second-order valence-corrected chi connectivity index (χ2v) is 8.12. The zero-order valence-electron chi connectivity index (χ0n) is 12.6. The smallest absolute Gasteiger partial charge is 0.225 e. The van der Waals surface area contributed by atoms with Gasteiger partial charge in [-0.3, -0.25) is 0 Å². The first-order valence-corrected chi connectivity index (χ1v) is 9.49. The van der Waals surface area contributed by atoms with Gasteiger partial charge in [-0.15, -0.1) is 0 Å². The van der Waals surface area contributed by atoms with Gasteiger partial charge >= 0.3 is 0 Å². The van der Waals surface area contributed by atoms with Crippen molar-refractivity contribution >= 4 is 15.8 Å². The molecule has 3 rings (SSSR count). The average Bonchev–Trinajstić information content (AvgIpc) is 2.88. The number of sulfone groups is 1. The summed E-state index contributed by atoms with van der Waals surface area (Å²) in [5.41, 5.74) is 1.01. The zero-order chi connectivity index (χ0) is 15.4. The molecule has 7 nitrogen and oxygen atoms in total. The second-order valence-electron chi connectivity index (χ2n) is 5.89. The first-order chi connectivity index (χ1) is 10.6. The number of ether oxygens (including phenoxy) is 1. The largest absolute Gasteiger partial charge is 0.378 e. The molecule has 0 bridgehead atoms. The molecule has 0 amide bonds. The standard InChI is InChI=1S/C14H22N4O3S/c19-22(20)6-1-12(11-22)7-15-8-13-9-16-14(17-10-13)18-2-4-21-5-3-18/h9-10,12,15H,1-8,11H2/t12-/m0/s1. The van der Waals surface area contributed by atoms with Crippen LogP contribution in [0.2, 0.25) is 0 Å². The monoisotopic (exact) mass is 326 g/mol. The molecule has 3 heterocycles. The lowest BCUT2D eigenvalue weighted by molar-refractivity contribution is 0.122. The van der Waals surface area contributed by atoms with E-state index in [2.05, 4.69) is 20.2 Å². The van der Waals surface area contributed by atoms with Gasteiger partial charge in [0.25, 0.3) is 0 Å². The van der Waals surface area contributed by atoms with Crippen LogP contribution in [0.15, 0.2) is 12.4 Å². The molecule has 1 aromatic heterocycles. The molecule has 1 atom stereocenters. The van der Waals surface area contributed by atoms with Crippen molar-refractivity contribution in [1.82, 2.24) is 15.3 Å². The number of hydrogen-bond donors (Lipinski definition) is 1. The lowest BCUT2D eigenvalue weighted by atomic mass is 10.1. The van der Waals surface area contributed by atoms with E-state index in [9.17, 15) is 8.42 Å². The molecule has 0 spiro atoms. The van der Waals surface area contributed by atoms with E-state index in [0.29, 0.717) is 18.1 Å². The Kier molecular flexibility index (Phi) is 4.90. The lowest BCUT2D eigenvalue weighted by Crippen LogP contribution is -2.37. The minimum atomic E-state index is -2.79. The summed E-state index contributed by atoms with van der Waals surface area (Å²) < 4.78 is 28.1. The Morgan fingerprint density at radius 2 is 2.00 bits per heavy atom. The van der Waals surface area contributed by atoms with Crippen LogP contribution in [0.5, 0.6) is 0 Å². The Morgan fingerprint density at radius 3 is 2.64 bits per heavy atom. The summed E-state index contributed by atoms with van der Waals surface area (Å²) in [6.07, 6.45) is 4.42. The molecule has 0 aromatic carbocycles. The van der Waals surface area contributed by atoms with E-state index >= 15 is 0 Å². The molecule has 8 heteroatoms. The van der Waals surface area contributed by atoms with Gasteiger partial charge in [-0.1, -0.05) is 0 Å². The predicted molar refractivity (Wildman–Crippen MR) is 83.5 cm³/mol. The Hall–Kier alpha value is -1.25. The molecular weight excluding hydrogens is 304 g/mol. The van der Waals surface area contributed by atoms with Crippen LogP contribution in [-0.2, 0) is 21.1 Å². The van der Waals surface area contributed by atoms with Gasteiger partial charge in [-0.2, -0.15) is 0 Å². The van der Waals surface area contributed by atoms with Crippen molar-refractivity contribution < 1.29 is 13.2 Å². The number of anilines is 1. The summed E-state index contributed by atoms with van der Waals surface area (Å²) in [6, 6.07) is 0. The van der Waals surface area contributed by atoms with Gasteiger partial charge in [0.2, 0.25) is 5.95 Å². The van der Waals surface area contributed by atoms with Crippen LogP contribution in [0.4, 0.5) is 5.95 Å².